The summed E-state index contributed by atoms with van der Waals surface area (Å²) >= 11 is 0. The van der Waals surface area contributed by atoms with Crippen molar-refractivity contribution in [2.24, 2.45) is 0 Å². The van der Waals surface area contributed by atoms with E-state index in [9.17, 15) is 4.79 Å². The van der Waals surface area contributed by atoms with Crippen LogP contribution in [0.2, 0.25) is 0 Å². The topological polar surface area (TPSA) is 113 Å². The number of nitrogens with one attached hydrogen (secondary N) is 2. The summed E-state index contributed by atoms with van der Waals surface area (Å²) in [6.45, 7) is 0. The molecule has 2 rings (SSSR count). The first kappa shape index (κ1) is 7.47. The molecule has 0 radical (unpaired) electrons. The fraction of sp³-hybridized carbons (Fsp3) is 0. The van der Waals surface area contributed by atoms with Gasteiger partial charge in [-0.2, -0.15) is 15.4 Å². The van der Waals surface area contributed by atoms with E-state index in [2.05, 4.69) is 25.4 Å². The van der Waals surface area contributed by atoms with Crippen molar-refractivity contribution >= 4 is 5.82 Å². The fourth-order valence-electron chi connectivity index (χ4n) is 0.913. The lowest BCUT2D eigenvalue weighted by Gasteiger charge is -1.95. The Kier molecular flexibility index (Phi) is 1.55. The molecule has 13 heavy (non-hydrogen) atoms. The minimum absolute atomic E-state index is 0.154. The fourth-order valence-corrected chi connectivity index (χ4v) is 0.913. The predicted molar refractivity (Wildman–Crippen MR) is 44.6 cm³/mol. The predicted octanol–water partition coefficient (Wildman–Crippen LogP) is -0.863. The minimum Gasteiger partial charge on any atom is -0.383 e. The Morgan fingerprint density at radius 1 is 1.46 bits per heavy atom. The monoisotopic (exact) mass is 178 g/mol. The minimum atomic E-state index is -0.314. The third-order valence-electron chi connectivity index (χ3n) is 1.42. The van der Waals surface area contributed by atoms with Gasteiger partial charge in [0.05, 0.1) is 6.20 Å². The molecular weight excluding hydrogens is 172 g/mol. The summed E-state index contributed by atoms with van der Waals surface area (Å²) in [6, 6.07) is 1.20. The Bertz CT molecular complexity index is 458. The van der Waals surface area contributed by atoms with Gasteiger partial charge < -0.3 is 10.7 Å². The first-order chi connectivity index (χ1) is 6.25. The molecule has 0 spiro atoms. The number of H-pyrrole nitrogens is 2. The van der Waals surface area contributed by atoms with Gasteiger partial charge in [-0.25, -0.2) is 4.98 Å². The number of hydrogen-bond donors (Lipinski definition) is 3. The van der Waals surface area contributed by atoms with Gasteiger partial charge in [-0.15, -0.1) is 0 Å². The Morgan fingerprint density at radius 2 is 2.31 bits per heavy atom. The van der Waals surface area contributed by atoms with E-state index in [4.69, 9.17) is 5.73 Å². The van der Waals surface area contributed by atoms with E-state index in [1.807, 2.05) is 0 Å². The first-order valence-corrected chi connectivity index (χ1v) is 3.49. The molecule has 4 N–H and O–H groups in total. The molecular formula is C6H6N6O. The Hall–Kier alpha value is -2.18. The lowest BCUT2D eigenvalue weighted by molar-refractivity contribution is 0.937. The summed E-state index contributed by atoms with van der Waals surface area (Å²) in [7, 11) is 0. The van der Waals surface area contributed by atoms with Crippen LogP contribution in [0.25, 0.3) is 11.5 Å². The molecule has 0 fully saturated rings. The largest absolute Gasteiger partial charge is 0.383 e. The Balaban J connectivity index is 2.59. The smallest absolute Gasteiger partial charge is 0.253 e. The lowest BCUT2D eigenvalue weighted by atomic mass is 10.4. The standard InChI is InChI=1S/C6H6N6O/c7-4-1-5(13)10-6(9-4)3-2-8-12-11-3/h1-2H,(H,8,11,12)(H3,7,9,10,13). The van der Waals surface area contributed by atoms with Crippen LogP contribution in [0.15, 0.2) is 17.1 Å². The lowest BCUT2D eigenvalue weighted by Crippen LogP contribution is -2.09. The number of hydrogen-bond acceptors (Lipinski definition) is 5. The van der Waals surface area contributed by atoms with Gasteiger partial charge in [0.15, 0.2) is 5.82 Å². The number of aromatic amines is 2. The molecule has 0 saturated carbocycles. The van der Waals surface area contributed by atoms with Gasteiger partial charge >= 0.3 is 0 Å². The van der Waals surface area contributed by atoms with E-state index in [0.29, 0.717) is 11.5 Å². The molecule has 0 amide bonds. The molecule has 0 aromatic carbocycles. The van der Waals surface area contributed by atoms with E-state index >= 15 is 0 Å². The molecule has 0 atom stereocenters. The molecule has 2 aromatic heterocycles. The second-order valence-corrected chi connectivity index (χ2v) is 2.37. The summed E-state index contributed by atoms with van der Waals surface area (Å²) in [5, 5.41) is 9.73. The molecule has 2 aromatic rings. The van der Waals surface area contributed by atoms with Gasteiger partial charge in [-0.3, -0.25) is 4.79 Å². The van der Waals surface area contributed by atoms with Crippen molar-refractivity contribution in [1.29, 1.82) is 0 Å². The second-order valence-electron chi connectivity index (χ2n) is 2.37. The van der Waals surface area contributed by atoms with Crippen LogP contribution in [-0.2, 0) is 0 Å². The number of nitrogens with zero attached hydrogens (tertiary/aromatic N) is 3. The zero-order chi connectivity index (χ0) is 9.26. The number of nitrogen functional groups attached to an aromatic ring is 1. The summed E-state index contributed by atoms with van der Waals surface area (Å²) in [4.78, 5) is 17.3. The highest BCUT2D eigenvalue weighted by molar-refractivity contribution is 5.48. The first-order valence-electron chi connectivity index (χ1n) is 3.49. The maximum Gasteiger partial charge on any atom is 0.253 e. The molecule has 7 heteroatoms. The molecule has 0 unspecified atom stereocenters. The summed E-state index contributed by atoms with van der Waals surface area (Å²) in [6.07, 6.45) is 1.44. The van der Waals surface area contributed by atoms with Crippen LogP contribution in [0.1, 0.15) is 0 Å². The summed E-state index contributed by atoms with van der Waals surface area (Å²) in [5.41, 5.74) is 5.51. The molecule has 0 aliphatic heterocycles. The molecule has 0 aliphatic rings. The maximum atomic E-state index is 11.0. The molecule has 0 aliphatic carbocycles. The highest BCUT2D eigenvalue weighted by Gasteiger charge is 2.03. The zero-order valence-electron chi connectivity index (χ0n) is 6.48. The van der Waals surface area contributed by atoms with Crippen LogP contribution in [0, 0.1) is 0 Å². The molecule has 0 bridgehead atoms. The van der Waals surface area contributed by atoms with Crippen LogP contribution in [0.4, 0.5) is 5.82 Å². The highest BCUT2D eigenvalue weighted by atomic mass is 16.1. The SMILES string of the molecule is Nc1cc(=O)[nH]c(-c2cn[nH]n2)n1. The second kappa shape index (κ2) is 2.70. The number of anilines is 1. The van der Waals surface area contributed by atoms with Gasteiger partial charge in [-0.05, 0) is 0 Å². The van der Waals surface area contributed by atoms with Crippen LogP contribution in [-0.4, -0.2) is 25.4 Å². The quantitative estimate of drug-likeness (QED) is 0.525. The number of nitrogens with two attached hydrogens (primary N) is 1. The van der Waals surface area contributed by atoms with Gasteiger partial charge in [0.1, 0.15) is 11.5 Å². The van der Waals surface area contributed by atoms with E-state index in [0.717, 1.165) is 0 Å². The van der Waals surface area contributed by atoms with Crippen molar-refractivity contribution in [3.8, 4) is 11.5 Å². The van der Waals surface area contributed by atoms with Crippen LogP contribution < -0.4 is 11.3 Å². The highest BCUT2D eigenvalue weighted by Crippen LogP contribution is 2.07. The Morgan fingerprint density at radius 3 is 2.92 bits per heavy atom. The molecule has 2 heterocycles. The van der Waals surface area contributed by atoms with E-state index in [-0.39, 0.29) is 11.4 Å². The Labute approximate surface area is 72.0 Å². The maximum absolute atomic E-state index is 11.0. The van der Waals surface area contributed by atoms with Crippen molar-refractivity contribution < 1.29 is 0 Å². The summed E-state index contributed by atoms with van der Waals surface area (Å²) in [5.74, 6) is 0.459. The average molecular weight is 178 g/mol. The normalized spacial score (nSPS) is 10.2. The van der Waals surface area contributed by atoms with Crippen molar-refractivity contribution in [1.82, 2.24) is 25.4 Å². The van der Waals surface area contributed by atoms with Gasteiger partial charge in [0.2, 0.25) is 0 Å². The zero-order valence-corrected chi connectivity index (χ0v) is 6.48. The van der Waals surface area contributed by atoms with Crippen molar-refractivity contribution in [2.75, 3.05) is 5.73 Å². The summed E-state index contributed by atoms with van der Waals surface area (Å²) < 4.78 is 0. The van der Waals surface area contributed by atoms with Crippen LogP contribution >= 0.6 is 0 Å². The van der Waals surface area contributed by atoms with E-state index in [1.54, 1.807) is 0 Å². The van der Waals surface area contributed by atoms with Gasteiger partial charge in [0.25, 0.3) is 5.56 Å². The number of rotatable bonds is 1. The van der Waals surface area contributed by atoms with Crippen molar-refractivity contribution in [2.45, 2.75) is 0 Å². The molecule has 7 nitrogen and oxygen atoms in total. The van der Waals surface area contributed by atoms with Crippen LogP contribution in [0.3, 0.4) is 0 Å². The molecule has 0 saturated heterocycles. The van der Waals surface area contributed by atoms with E-state index < -0.39 is 0 Å². The van der Waals surface area contributed by atoms with Gasteiger partial charge in [-0.1, -0.05) is 0 Å². The third kappa shape index (κ3) is 1.39. The van der Waals surface area contributed by atoms with Gasteiger partial charge in [0, 0.05) is 6.07 Å². The van der Waals surface area contributed by atoms with E-state index in [1.165, 1.54) is 12.3 Å². The van der Waals surface area contributed by atoms with Crippen LogP contribution in [0.5, 0.6) is 0 Å². The third-order valence-corrected chi connectivity index (χ3v) is 1.42. The average Bonchev–Trinajstić information content (AvgIpc) is 2.53. The van der Waals surface area contributed by atoms with Crippen molar-refractivity contribution in [3.05, 3.63) is 22.6 Å². The number of aromatic nitrogens is 5. The molecule has 66 valence electrons. The van der Waals surface area contributed by atoms with Crippen molar-refractivity contribution in [3.63, 3.8) is 0 Å².